The topological polar surface area (TPSA) is 41.3 Å². The molecule has 0 atom stereocenters. The number of aryl methyl sites for hydroxylation is 1. The van der Waals surface area contributed by atoms with Gasteiger partial charge in [-0.05, 0) is 18.6 Å². The maximum atomic E-state index is 13.4. The molecule has 1 aliphatic rings. The van der Waals surface area contributed by atoms with Gasteiger partial charge in [0.2, 0.25) is 0 Å². The van der Waals surface area contributed by atoms with Gasteiger partial charge in [0.05, 0.1) is 5.39 Å². The van der Waals surface area contributed by atoms with Crippen molar-refractivity contribution in [1.82, 2.24) is 10.5 Å². The molecule has 0 spiro atoms. The van der Waals surface area contributed by atoms with Crippen LogP contribution in [0.25, 0.3) is 11.0 Å². The Morgan fingerprint density at radius 2 is 2.12 bits per heavy atom. The van der Waals surface area contributed by atoms with Crippen molar-refractivity contribution in [2.45, 2.75) is 6.92 Å². The molecule has 3 rings (SSSR count). The monoisotopic (exact) mass is 235 g/mol. The van der Waals surface area contributed by atoms with Crippen LogP contribution in [0.2, 0.25) is 0 Å². The summed E-state index contributed by atoms with van der Waals surface area (Å²) < 4.78 is 18.6. The Labute approximate surface area is 98.4 Å². The van der Waals surface area contributed by atoms with Crippen LogP contribution in [0, 0.1) is 12.7 Å². The Bertz CT molecular complexity index is 546. The SMILES string of the molecule is Cc1cc2c(N3CCNCC3)noc2cc1F. The number of piperazine rings is 1. The average molecular weight is 235 g/mol. The second kappa shape index (κ2) is 4.00. The highest BCUT2D eigenvalue weighted by molar-refractivity contribution is 5.89. The van der Waals surface area contributed by atoms with Gasteiger partial charge in [-0.15, -0.1) is 0 Å². The van der Waals surface area contributed by atoms with E-state index in [1.807, 2.05) is 0 Å². The van der Waals surface area contributed by atoms with Crippen molar-refractivity contribution in [3.63, 3.8) is 0 Å². The van der Waals surface area contributed by atoms with Gasteiger partial charge in [0.1, 0.15) is 5.82 Å². The summed E-state index contributed by atoms with van der Waals surface area (Å²) in [4.78, 5) is 2.17. The van der Waals surface area contributed by atoms with E-state index in [-0.39, 0.29) is 5.82 Å². The zero-order valence-corrected chi connectivity index (χ0v) is 9.66. The third kappa shape index (κ3) is 1.76. The first-order valence-corrected chi connectivity index (χ1v) is 5.77. The summed E-state index contributed by atoms with van der Waals surface area (Å²) in [6, 6.07) is 3.21. The first-order chi connectivity index (χ1) is 8.25. The molecule has 90 valence electrons. The molecule has 1 aliphatic heterocycles. The van der Waals surface area contributed by atoms with E-state index in [0.717, 1.165) is 37.4 Å². The van der Waals surface area contributed by atoms with Crippen molar-refractivity contribution >= 4 is 16.8 Å². The highest BCUT2D eigenvalue weighted by atomic mass is 19.1. The Kier molecular flexibility index (Phi) is 2.48. The number of anilines is 1. The van der Waals surface area contributed by atoms with E-state index in [1.54, 1.807) is 13.0 Å². The molecule has 1 saturated heterocycles. The van der Waals surface area contributed by atoms with Crippen molar-refractivity contribution in [3.05, 3.63) is 23.5 Å². The number of benzene rings is 1. The Morgan fingerprint density at radius 3 is 2.88 bits per heavy atom. The number of nitrogens with one attached hydrogen (secondary N) is 1. The van der Waals surface area contributed by atoms with E-state index in [2.05, 4.69) is 15.4 Å². The summed E-state index contributed by atoms with van der Waals surface area (Å²) in [5.41, 5.74) is 1.14. The normalized spacial score (nSPS) is 16.7. The van der Waals surface area contributed by atoms with Gasteiger partial charge in [-0.2, -0.15) is 0 Å². The predicted molar refractivity (Wildman–Crippen MR) is 63.8 cm³/mol. The predicted octanol–water partition coefficient (Wildman–Crippen LogP) is 1.68. The molecule has 0 radical (unpaired) electrons. The van der Waals surface area contributed by atoms with Gasteiger partial charge in [-0.25, -0.2) is 4.39 Å². The highest BCUT2D eigenvalue weighted by Crippen LogP contribution is 2.28. The molecule has 4 nitrogen and oxygen atoms in total. The minimum atomic E-state index is -0.250. The lowest BCUT2D eigenvalue weighted by atomic mass is 10.1. The molecule has 1 N–H and O–H groups in total. The molecule has 2 aromatic rings. The van der Waals surface area contributed by atoms with Crippen LogP contribution in [-0.4, -0.2) is 31.3 Å². The van der Waals surface area contributed by atoms with Crippen molar-refractivity contribution in [2.75, 3.05) is 31.1 Å². The van der Waals surface area contributed by atoms with Crippen LogP contribution in [0.3, 0.4) is 0 Å². The summed E-state index contributed by atoms with van der Waals surface area (Å²) in [5, 5.41) is 8.24. The number of rotatable bonds is 1. The van der Waals surface area contributed by atoms with Crippen LogP contribution in [0.4, 0.5) is 10.2 Å². The fraction of sp³-hybridized carbons (Fsp3) is 0.417. The molecule has 5 heteroatoms. The van der Waals surface area contributed by atoms with Gasteiger partial charge in [-0.1, -0.05) is 5.16 Å². The maximum Gasteiger partial charge on any atom is 0.180 e. The van der Waals surface area contributed by atoms with Gasteiger partial charge >= 0.3 is 0 Å². The first-order valence-electron chi connectivity index (χ1n) is 5.77. The molecule has 0 bridgehead atoms. The molecule has 0 amide bonds. The molecule has 0 saturated carbocycles. The summed E-state index contributed by atoms with van der Waals surface area (Å²) in [5.74, 6) is 0.574. The van der Waals surface area contributed by atoms with Crippen LogP contribution in [-0.2, 0) is 0 Å². The molecular formula is C12H14FN3O. The zero-order chi connectivity index (χ0) is 11.8. The largest absolute Gasteiger partial charge is 0.354 e. The fourth-order valence-electron chi connectivity index (χ4n) is 2.16. The Hall–Kier alpha value is -1.62. The van der Waals surface area contributed by atoms with Crippen molar-refractivity contribution in [3.8, 4) is 0 Å². The summed E-state index contributed by atoms with van der Waals surface area (Å²) >= 11 is 0. The van der Waals surface area contributed by atoms with Gasteiger partial charge in [-0.3, -0.25) is 0 Å². The standard InChI is InChI=1S/C12H14FN3O/c1-8-6-9-11(7-10(8)13)17-15-12(9)16-4-2-14-3-5-16/h6-7,14H,2-5H2,1H3. The molecular weight excluding hydrogens is 221 g/mol. The Balaban J connectivity index is 2.07. The van der Waals surface area contributed by atoms with Gasteiger partial charge in [0.25, 0.3) is 0 Å². The van der Waals surface area contributed by atoms with Crippen molar-refractivity contribution in [1.29, 1.82) is 0 Å². The average Bonchev–Trinajstić information content (AvgIpc) is 2.74. The molecule has 0 unspecified atom stereocenters. The number of fused-ring (bicyclic) bond motifs is 1. The van der Waals surface area contributed by atoms with Gasteiger partial charge < -0.3 is 14.7 Å². The van der Waals surface area contributed by atoms with E-state index in [4.69, 9.17) is 4.52 Å². The van der Waals surface area contributed by atoms with E-state index < -0.39 is 0 Å². The lowest BCUT2D eigenvalue weighted by Gasteiger charge is -2.27. The second-order valence-corrected chi connectivity index (χ2v) is 4.34. The van der Waals surface area contributed by atoms with E-state index in [0.29, 0.717) is 11.1 Å². The van der Waals surface area contributed by atoms with Crippen molar-refractivity contribution < 1.29 is 8.91 Å². The maximum absolute atomic E-state index is 13.4. The number of hydrogen-bond acceptors (Lipinski definition) is 4. The van der Waals surface area contributed by atoms with E-state index in [1.165, 1.54) is 6.07 Å². The summed E-state index contributed by atoms with van der Waals surface area (Å²) in [6.07, 6.45) is 0. The lowest BCUT2D eigenvalue weighted by Crippen LogP contribution is -2.43. The first kappa shape index (κ1) is 10.5. The fourth-order valence-corrected chi connectivity index (χ4v) is 2.16. The third-order valence-electron chi connectivity index (χ3n) is 3.15. The minimum Gasteiger partial charge on any atom is -0.354 e. The number of halogens is 1. The van der Waals surface area contributed by atoms with Crippen LogP contribution in [0.15, 0.2) is 16.7 Å². The summed E-state index contributed by atoms with van der Waals surface area (Å²) in [6.45, 7) is 5.43. The third-order valence-corrected chi connectivity index (χ3v) is 3.15. The van der Waals surface area contributed by atoms with Crippen molar-refractivity contribution in [2.24, 2.45) is 0 Å². The number of nitrogens with zero attached hydrogens (tertiary/aromatic N) is 2. The lowest BCUT2D eigenvalue weighted by molar-refractivity contribution is 0.449. The van der Waals surface area contributed by atoms with Crippen LogP contribution in [0.1, 0.15) is 5.56 Å². The molecule has 17 heavy (non-hydrogen) atoms. The molecule has 0 aliphatic carbocycles. The van der Waals surface area contributed by atoms with E-state index in [9.17, 15) is 4.39 Å². The second-order valence-electron chi connectivity index (χ2n) is 4.34. The molecule has 1 aromatic carbocycles. The Morgan fingerprint density at radius 1 is 1.35 bits per heavy atom. The van der Waals surface area contributed by atoms with Crippen LogP contribution >= 0.6 is 0 Å². The molecule has 1 fully saturated rings. The molecule has 1 aromatic heterocycles. The highest BCUT2D eigenvalue weighted by Gasteiger charge is 2.18. The zero-order valence-electron chi connectivity index (χ0n) is 9.66. The van der Waals surface area contributed by atoms with Gasteiger partial charge in [0.15, 0.2) is 11.4 Å². The number of aromatic nitrogens is 1. The van der Waals surface area contributed by atoms with Crippen LogP contribution < -0.4 is 10.2 Å². The minimum absolute atomic E-state index is 0.250. The summed E-state index contributed by atoms with van der Waals surface area (Å²) in [7, 11) is 0. The van der Waals surface area contributed by atoms with Gasteiger partial charge in [0, 0.05) is 32.2 Å². The smallest absolute Gasteiger partial charge is 0.180 e. The molecule has 2 heterocycles. The van der Waals surface area contributed by atoms with E-state index >= 15 is 0 Å². The quantitative estimate of drug-likeness (QED) is 0.816. The van der Waals surface area contributed by atoms with Crippen LogP contribution in [0.5, 0.6) is 0 Å². The number of hydrogen-bond donors (Lipinski definition) is 1.